The molecule has 0 aliphatic heterocycles. The number of halogens is 3. The van der Waals surface area contributed by atoms with E-state index in [4.69, 9.17) is 16.7 Å². The first-order valence-electron chi connectivity index (χ1n) is 8.27. The zero-order chi connectivity index (χ0) is 19.2. The van der Waals surface area contributed by atoms with Crippen molar-refractivity contribution in [3.05, 3.63) is 58.7 Å². The van der Waals surface area contributed by atoms with Crippen molar-refractivity contribution >= 4 is 21.4 Å². The average Bonchev–Trinajstić information content (AvgIpc) is 2.61. The van der Waals surface area contributed by atoms with E-state index in [-0.39, 0.29) is 28.6 Å². The van der Waals surface area contributed by atoms with Crippen LogP contribution in [0.5, 0.6) is 0 Å². The maximum Gasteiger partial charge on any atom is 0.202 e. The van der Waals surface area contributed by atoms with Gasteiger partial charge in [-0.3, -0.25) is 0 Å². The molecule has 1 atom stereocenters. The van der Waals surface area contributed by atoms with Crippen LogP contribution in [0.1, 0.15) is 42.9 Å². The van der Waals surface area contributed by atoms with Gasteiger partial charge in [0, 0.05) is 18.4 Å². The predicted molar refractivity (Wildman–Crippen MR) is 95.7 cm³/mol. The Kier molecular flexibility index (Phi) is 7.49. The molecule has 1 aromatic heterocycles. The number of hydrogen-bond acceptors (Lipinski definition) is 4. The first kappa shape index (κ1) is 20.7. The van der Waals surface area contributed by atoms with Crippen molar-refractivity contribution < 1.29 is 22.3 Å². The van der Waals surface area contributed by atoms with Gasteiger partial charge in [-0.15, -0.1) is 0 Å². The van der Waals surface area contributed by atoms with Crippen molar-refractivity contribution in [2.75, 3.05) is 6.61 Å². The Labute approximate surface area is 156 Å². The molecular formula is C18H20ClF2NO3S. The molecule has 0 aliphatic rings. The van der Waals surface area contributed by atoms with E-state index in [1.54, 1.807) is 0 Å². The Morgan fingerprint density at radius 3 is 2.46 bits per heavy atom. The standard InChI is InChI=1S/C18H20ClF2NO3S/c19-13-6-9-18(22-12-13)26(24,25)17(5-3-1-2-4-10-23)15-11-14(20)7-8-16(15)21/h6-9,11-12,17,23H,1-5,10H2. The summed E-state index contributed by atoms with van der Waals surface area (Å²) in [6.07, 6.45) is 3.84. The van der Waals surface area contributed by atoms with Gasteiger partial charge in [0.2, 0.25) is 9.84 Å². The Bertz CT molecular complexity index is 829. The number of aromatic nitrogens is 1. The lowest BCUT2D eigenvalue weighted by Gasteiger charge is -2.18. The molecule has 4 nitrogen and oxygen atoms in total. The van der Waals surface area contributed by atoms with Gasteiger partial charge in [0.25, 0.3) is 0 Å². The van der Waals surface area contributed by atoms with E-state index < -0.39 is 26.7 Å². The highest BCUT2D eigenvalue weighted by molar-refractivity contribution is 7.91. The third-order valence-electron chi connectivity index (χ3n) is 4.05. The zero-order valence-electron chi connectivity index (χ0n) is 14.0. The molecule has 1 aromatic carbocycles. The van der Waals surface area contributed by atoms with Gasteiger partial charge in [-0.05, 0) is 43.2 Å². The maximum atomic E-state index is 14.3. The molecule has 2 rings (SSSR count). The van der Waals surface area contributed by atoms with E-state index in [9.17, 15) is 17.2 Å². The first-order chi connectivity index (χ1) is 12.4. The number of rotatable bonds is 9. The van der Waals surface area contributed by atoms with Crippen molar-refractivity contribution in [2.24, 2.45) is 0 Å². The lowest BCUT2D eigenvalue weighted by atomic mass is 10.0. The van der Waals surface area contributed by atoms with Crippen molar-refractivity contribution in [3.63, 3.8) is 0 Å². The van der Waals surface area contributed by atoms with Crippen molar-refractivity contribution in [2.45, 2.75) is 42.4 Å². The minimum Gasteiger partial charge on any atom is -0.396 e. The number of pyridine rings is 1. The second-order valence-corrected chi connectivity index (χ2v) is 8.45. The van der Waals surface area contributed by atoms with Gasteiger partial charge < -0.3 is 5.11 Å². The summed E-state index contributed by atoms with van der Waals surface area (Å²) < 4.78 is 53.9. The highest BCUT2D eigenvalue weighted by atomic mass is 35.5. The van der Waals surface area contributed by atoms with Crippen LogP contribution in [0, 0.1) is 11.6 Å². The Morgan fingerprint density at radius 2 is 1.81 bits per heavy atom. The number of nitrogens with zero attached hydrogens (tertiary/aromatic N) is 1. The van der Waals surface area contributed by atoms with E-state index in [1.165, 1.54) is 18.3 Å². The number of sulfone groups is 1. The van der Waals surface area contributed by atoms with Crippen LogP contribution < -0.4 is 0 Å². The molecule has 1 unspecified atom stereocenters. The maximum absolute atomic E-state index is 14.3. The monoisotopic (exact) mass is 403 g/mol. The number of unbranched alkanes of at least 4 members (excludes halogenated alkanes) is 3. The largest absolute Gasteiger partial charge is 0.396 e. The molecular weight excluding hydrogens is 384 g/mol. The summed E-state index contributed by atoms with van der Waals surface area (Å²) in [5.74, 6) is -1.48. The summed E-state index contributed by atoms with van der Waals surface area (Å²) in [5, 5.41) is 7.61. The van der Waals surface area contributed by atoms with Gasteiger partial charge >= 0.3 is 0 Å². The molecule has 142 valence electrons. The van der Waals surface area contributed by atoms with Crippen LogP contribution in [-0.2, 0) is 9.84 Å². The topological polar surface area (TPSA) is 67.3 Å². The molecule has 0 radical (unpaired) electrons. The van der Waals surface area contributed by atoms with Gasteiger partial charge in [-0.2, -0.15) is 0 Å². The van der Waals surface area contributed by atoms with Gasteiger partial charge in [0.1, 0.15) is 11.6 Å². The van der Waals surface area contributed by atoms with E-state index in [0.29, 0.717) is 19.3 Å². The number of hydrogen-bond donors (Lipinski definition) is 1. The van der Waals surface area contributed by atoms with Gasteiger partial charge in [-0.25, -0.2) is 22.2 Å². The molecule has 0 amide bonds. The number of aliphatic hydroxyl groups is 1. The van der Waals surface area contributed by atoms with Gasteiger partial charge in [0.15, 0.2) is 5.03 Å². The molecule has 0 saturated heterocycles. The van der Waals surface area contributed by atoms with Crippen LogP contribution in [0.15, 0.2) is 41.6 Å². The summed E-state index contributed by atoms with van der Waals surface area (Å²) in [4.78, 5) is 3.84. The minimum atomic E-state index is -4.03. The van der Waals surface area contributed by atoms with Gasteiger partial charge in [-0.1, -0.05) is 30.9 Å². The molecule has 26 heavy (non-hydrogen) atoms. The van der Waals surface area contributed by atoms with Gasteiger partial charge in [0.05, 0.1) is 10.3 Å². The molecule has 0 spiro atoms. The Balaban J connectivity index is 2.36. The predicted octanol–water partition coefficient (Wildman–Crippen LogP) is 4.47. The Hall–Kier alpha value is -1.57. The Morgan fingerprint density at radius 1 is 1.08 bits per heavy atom. The van der Waals surface area contributed by atoms with Crippen molar-refractivity contribution in [1.82, 2.24) is 4.98 Å². The summed E-state index contributed by atoms with van der Waals surface area (Å²) in [6, 6.07) is 5.44. The summed E-state index contributed by atoms with van der Waals surface area (Å²) in [5.41, 5.74) is -0.205. The van der Waals surface area contributed by atoms with E-state index >= 15 is 0 Å². The van der Waals surface area contributed by atoms with Crippen LogP contribution in [0.3, 0.4) is 0 Å². The highest BCUT2D eigenvalue weighted by Crippen LogP contribution is 2.34. The minimum absolute atomic E-state index is 0.0644. The zero-order valence-corrected chi connectivity index (χ0v) is 15.6. The van der Waals surface area contributed by atoms with Crippen LogP contribution in [0.2, 0.25) is 5.02 Å². The SMILES string of the molecule is O=S(=O)(c1ccc(Cl)cn1)C(CCCCCCO)c1cc(F)ccc1F. The third-order valence-corrected chi connectivity index (χ3v) is 6.33. The molecule has 0 aliphatic carbocycles. The fourth-order valence-electron chi connectivity index (χ4n) is 2.71. The molecule has 0 fully saturated rings. The smallest absolute Gasteiger partial charge is 0.202 e. The van der Waals surface area contributed by atoms with E-state index in [0.717, 1.165) is 24.6 Å². The lowest BCUT2D eigenvalue weighted by molar-refractivity contribution is 0.282. The van der Waals surface area contributed by atoms with E-state index in [2.05, 4.69) is 4.98 Å². The third kappa shape index (κ3) is 5.22. The van der Waals surface area contributed by atoms with E-state index in [1.807, 2.05) is 0 Å². The fraction of sp³-hybridized carbons (Fsp3) is 0.389. The van der Waals surface area contributed by atoms with Crippen LogP contribution in [0.4, 0.5) is 8.78 Å². The van der Waals surface area contributed by atoms with Crippen molar-refractivity contribution in [3.8, 4) is 0 Å². The summed E-state index contributed by atoms with van der Waals surface area (Å²) in [7, 11) is -4.03. The molecule has 0 bridgehead atoms. The lowest BCUT2D eigenvalue weighted by Crippen LogP contribution is -2.17. The second kappa shape index (κ2) is 9.39. The molecule has 1 N–H and O–H groups in total. The number of benzene rings is 1. The second-order valence-electron chi connectivity index (χ2n) is 5.94. The van der Waals surface area contributed by atoms with Crippen LogP contribution >= 0.6 is 11.6 Å². The normalized spacial score (nSPS) is 12.9. The molecule has 1 heterocycles. The quantitative estimate of drug-likeness (QED) is 0.627. The molecule has 0 saturated carbocycles. The van der Waals surface area contributed by atoms with Crippen LogP contribution in [0.25, 0.3) is 0 Å². The summed E-state index contributed by atoms with van der Waals surface area (Å²) >= 11 is 5.75. The average molecular weight is 404 g/mol. The van der Waals surface area contributed by atoms with Crippen LogP contribution in [-0.4, -0.2) is 25.1 Å². The summed E-state index contributed by atoms with van der Waals surface area (Å²) in [6.45, 7) is 0.0644. The molecule has 2 aromatic rings. The highest BCUT2D eigenvalue weighted by Gasteiger charge is 2.32. The fourth-order valence-corrected chi connectivity index (χ4v) is 4.56. The molecule has 8 heteroatoms. The van der Waals surface area contributed by atoms with Crippen molar-refractivity contribution in [1.29, 1.82) is 0 Å². The number of aliphatic hydroxyl groups excluding tert-OH is 1. The first-order valence-corrected chi connectivity index (χ1v) is 10.2.